The van der Waals surface area contributed by atoms with Crippen molar-refractivity contribution in [1.82, 2.24) is 4.90 Å². The Morgan fingerprint density at radius 2 is 1.83 bits per heavy atom. The van der Waals surface area contributed by atoms with Crippen molar-refractivity contribution in [2.75, 3.05) is 0 Å². The highest BCUT2D eigenvalue weighted by molar-refractivity contribution is 5.96. The number of hydrogen-bond donors (Lipinski definition) is 0. The minimum Gasteiger partial charge on any atom is -0.292 e. The van der Waals surface area contributed by atoms with Gasteiger partial charge in [0.25, 0.3) is 5.91 Å². The summed E-state index contributed by atoms with van der Waals surface area (Å²) in [6.45, 7) is 2.03. The number of hydrogen-bond acceptors (Lipinski definition) is 2. The summed E-state index contributed by atoms with van der Waals surface area (Å²) in [5.74, 6) is -0.147. The van der Waals surface area contributed by atoms with E-state index in [2.05, 4.69) is 6.07 Å². The molecule has 23 heavy (non-hydrogen) atoms. The topological polar surface area (TPSA) is 44.1 Å². The van der Waals surface area contributed by atoms with Gasteiger partial charge in [0.05, 0.1) is 6.07 Å². The van der Waals surface area contributed by atoms with Crippen LogP contribution in [-0.2, 0) is 5.54 Å². The minimum absolute atomic E-state index is 0.147. The molecule has 3 heteroatoms. The highest BCUT2D eigenvalue weighted by Gasteiger charge is 2.43. The van der Waals surface area contributed by atoms with Crippen LogP contribution in [0.3, 0.4) is 0 Å². The summed E-state index contributed by atoms with van der Waals surface area (Å²) in [6.07, 6.45) is 5.07. The Labute approximate surface area is 136 Å². The molecule has 2 aromatic rings. The summed E-state index contributed by atoms with van der Waals surface area (Å²) in [4.78, 5) is 14.6. The van der Waals surface area contributed by atoms with Crippen molar-refractivity contribution in [3.63, 3.8) is 0 Å². The van der Waals surface area contributed by atoms with Crippen LogP contribution in [0.15, 0.2) is 60.8 Å². The van der Waals surface area contributed by atoms with Crippen molar-refractivity contribution in [2.24, 2.45) is 0 Å². The van der Waals surface area contributed by atoms with Crippen molar-refractivity contribution in [2.45, 2.75) is 25.3 Å². The van der Waals surface area contributed by atoms with E-state index < -0.39 is 5.54 Å². The Morgan fingerprint density at radius 1 is 1.13 bits per heavy atom. The molecule has 0 aromatic heterocycles. The number of carbonyl (C=O) groups is 1. The van der Waals surface area contributed by atoms with Gasteiger partial charge in [-0.25, -0.2) is 0 Å². The van der Waals surface area contributed by atoms with Crippen LogP contribution in [0.4, 0.5) is 0 Å². The standard InChI is InChI=1S/C20H18N2O/c1-2-13-20(15-21)18-11-7-6-8-16(18)12-14-22(20)19(23)17-9-4-3-5-10-17/h3-12,14H,2,13H2,1H3. The zero-order valence-corrected chi connectivity index (χ0v) is 13.1. The van der Waals surface area contributed by atoms with Crippen molar-refractivity contribution in [1.29, 1.82) is 5.26 Å². The van der Waals surface area contributed by atoms with Gasteiger partial charge in [-0.05, 0) is 35.8 Å². The van der Waals surface area contributed by atoms with Crippen molar-refractivity contribution in [3.8, 4) is 6.07 Å². The number of benzene rings is 2. The second-order valence-corrected chi connectivity index (χ2v) is 5.67. The summed E-state index contributed by atoms with van der Waals surface area (Å²) in [6, 6.07) is 19.3. The average Bonchev–Trinajstić information content (AvgIpc) is 2.62. The Morgan fingerprint density at radius 3 is 2.52 bits per heavy atom. The zero-order chi connectivity index (χ0) is 16.3. The van der Waals surface area contributed by atoms with E-state index in [1.807, 2.05) is 55.5 Å². The van der Waals surface area contributed by atoms with Gasteiger partial charge >= 0.3 is 0 Å². The maximum absolute atomic E-state index is 13.0. The molecule has 2 aromatic carbocycles. The van der Waals surface area contributed by atoms with Gasteiger partial charge in [-0.3, -0.25) is 9.69 Å². The number of nitrogens with zero attached hydrogens (tertiary/aromatic N) is 2. The molecule has 1 aliphatic rings. The average molecular weight is 302 g/mol. The van der Waals surface area contributed by atoms with Gasteiger partial charge in [-0.1, -0.05) is 55.8 Å². The lowest BCUT2D eigenvalue weighted by Crippen LogP contribution is -2.47. The van der Waals surface area contributed by atoms with Crippen LogP contribution in [0.5, 0.6) is 0 Å². The van der Waals surface area contributed by atoms with Crippen LogP contribution in [0.2, 0.25) is 0 Å². The maximum Gasteiger partial charge on any atom is 0.259 e. The molecule has 1 amide bonds. The molecule has 1 unspecified atom stereocenters. The minimum atomic E-state index is -0.951. The van der Waals surface area contributed by atoms with E-state index >= 15 is 0 Å². The Balaban J connectivity index is 2.14. The summed E-state index contributed by atoms with van der Waals surface area (Å²) >= 11 is 0. The first-order valence-electron chi connectivity index (χ1n) is 7.80. The van der Waals surface area contributed by atoms with Gasteiger partial charge in [-0.15, -0.1) is 0 Å². The van der Waals surface area contributed by atoms with E-state index in [1.165, 1.54) is 0 Å². The second-order valence-electron chi connectivity index (χ2n) is 5.67. The molecule has 0 saturated heterocycles. The third-order valence-electron chi connectivity index (χ3n) is 4.26. The van der Waals surface area contributed by atoms with Crippen molar-refractivity contribution in [3.05, 3.63) is 77.5 Å². The fourth-order valence-corrected chi connectivity index (χ4v) is 3.18. The summed E-state index contributed by atoms with van der Waals surface area (Å²) in [5, 5.41) is 10.0. The van der Waals surface area contributed by atoms with Crippen LogP contribution in [0.1, 0.15) is 41.3 Å². The highest BCUT2D eigenvalue weighted by Crippen LogP contribution is 2.40. The van der Waals surface area contributed by atoms with Gasteiger partial charge in [0.15, 0.2) is 5.54 Å². The lowest BCUT2D eigenvalue weighted by atomic mass is 9.80. The summed E-state index contributed by atoms with van der Waals surface area (Å²) < 4.78 is 0. The monoisotopic (exact) mass is 302 g/mol. The lowest BCUT2D eigenvalue weighted by Gasteiger charge is -2.40. The van der Waals surface area contributed by atoms with Gasteiger partial charge in [0.1, 0.15) is 0 Å². The lowest BCUT2D eigenvalue weighted by molar-refractivity contribution is 0.0684. The molecule has 0 N–H and O–H groups in total. The predicted molar refractivity (Wildman–Crippen MR) is 90.3 cm³/mol. The van der Waals surface area contributed by atoms with Gasteiger partial charge in [0, 0.05) is 11.8 Å². The normalized spacial score (nSPS) is 19.0. The van der Waals surface area contributed by atoms with E-state index in [1.54, 1.807) is 23.2 Å². The molecule has 114 valence electrons. The molecule has 0 saturated carbocycles. The third-order valence-corrected chi connectivity index (χ3v) is 4.26. The predicted octanol–water partition coefficient (Wildman–Crippen LogP) is 4.33. The van der Waals surface area contributed by atoms with E-state index in [0.29, 0.717) is 12.0 Å². The molecule has 0 spiro atoms. The molecule has 0 radical (unpaired) electrons. The number of amides is 1. The van der Waals surface area contributed by atoms with Crippen LogP contribution < -0.4 is 0 Å². The molecule has 0 bridgehead atoms. The van der Waals surface area contributed by atoms with Crippen LogP contribution >= 0.6 is 0 Å². The first kappa shape index (κ1) is 15.1. The highest BCUT2D eigenvalue weighted by atomic mass is 16.2. The molecular formula is C20H18N2O. The fraction of sp³-hybridized carbons (Fsp3) is 0.200. The SMILES string of the molecule is CCCC1(C#N)c2ccccc2C=CN1C(=O)c1ccccc1. The molecule has 0 fully saturated rings. The Bertz CT molecular complexity index is 789. The zero-order valence-electron chi connectivity index (χ0n) is 13.1. The smallest absolute Gasteiger partial charge is 0.259 e. The molecule has 0 aliphatic carbocycles. The largest absolute Gasteiger partial charge is 0.292 e. The van der Waals surface area contributed by atoms with E-state index in [9.17, 15) is 10.1 Å². The van der Waals surface area contributed by atoms with E-state index in [-0.39, 0.29) is 5.91 Å². The van der Waals surface area contributed by atoms with E-state index in [0.717, 1.165) is 17.5 Å². The van der Waals surface area contributed by atoms with Crippen LogP contribution in [-0.4, -0.2) is 10.8 Å². The number of nitriles is 1. The van der Waals surface area contributed by atoms with Crippen molar-refractivity contribution < 1.29 is 4.79 Å². The number of fused-ring (bicyclic) bond motifs is 1. The molecule has 3 nitrogen and oxygen atoms in total. The summed E-state index contributed by atoms with van der Waals surface area (Å²) in [7, 11) is 0. The molecule has 1 atom stereocenters. The summed E-state index contributed by atoms with van der Waals surface area (Å²) in [5.41, 5.74) is 1.54. The van der Waals surface area contributed by atoms with Crippen LogP contribution in [0.25, 0.3) is 6.08 Å². The Kier molecular flexibility index (Phi) is 3.99. The third kappa shape index (κ3) is 2.43. The maximum atomic E-state index is 13.0. The first-order valence-corrected chi connectivity index (χ1v) is 7.80. The first-order chi connectivity index (χ1) is 11.2. The molecule has 1 aliphatic heterocycles. The Hall–Kier alpha value is -2.86. The van der Waals surface area contributed by atoms with Gasteiger partial charge in [0.2, 0.25) is 0 Å². The molecule has 3 rings (SSSR count). The van der Waals surface area contributed by atoms with E-state index in [4.69, 9.17) is 0 Å². The second kappa shape index (κ2) is 6.10. The quantitative estimate of drug-likeness (QED) is 0.847. The van der Waals surface area contributed by atoms with Crippen LogP contribution in [0, 0.1) is 11.3 Å². The number of rotatable bonds is 3. The molecular weight excluding hydrogens is 284 g/mol. The van der Waals surface area contributed by atoms with Gasteiger partial charge < -0.3 is 0 Å². The molecule has 1 heterocycles. The van der Waals surface area contributed by atoms with Gasteiger partial charge in [-0.2, -0.15) is 5.26 Å². The number of carbonyl (C=O) groups excluding carboxylic acids is 1. The fourth-order valence-electron chi connectivity index (χ4n) is 3.18. The van der Waals surface area contributed by atoms with Crippen molar-refractivity contribution >= 4 is 12.0 Å².